The number of rotatable bonds is 5. The van der Waals surface area contributed by atoms with Crippen molar-refractivity contribution in [3.8, 4) is 11.5 Å². The molecule has 2 aliphatic heterocycles. The van der Waals surface area contributed by atoms with E-state index in [1.165, 1.54) is 9.80 Å². The zero-order chi connectivity index (χ0) is 20.0. The molecule has 0 aromatic heterocycles. The Morgan fingerprint density at radius 1 is 0.679 bits per heavy atom. The molecule has 146 valence electrons. The van der Waals surface area contributed by atoms with Crippen LogP contribution in [0.5, 0.6) is 11.5 Å². The van der Waals surface area contributed by atoms with E-state index in [0.29, 0.717) is 22.9 Å². The van der Waals surface area contributed by atoms with Crippen molar-refractivity contribution in [2.45, 2.75) is 24.3 Å². The molecule has 2 fully saturated rings. The number of carbonyl (C=O) groups is 2. The van der Waals surface area contributed by atoms with Crippen LogP contribution in [0.15, 0.2) is 48.5 Å². The van der Waals surface area contributed by atoms with E-state index in [9.17, 15) is 19.8 Å². The third kappa shape index (κ3) is 2.61. The molecule has 2 saturated heterocycles. The van der Waals surface area contributed by atoms with Crippen molar-refractivity contribution in [2.75, 3.05) is 24.0 Å². The number of aliphatic hydroxyl groups is 2. The molecule has 0 saturated carbocycles. The summed E-state index contributed by atoms with van der Waals surface area (Å²) in [6, 6.07) is 12.1. The highest BCUT2D eigenvalue weighted by atomic mass is 16.5. The summed E-state index contributed by atoms with van der Waals surface area (Å²) >= 11 is 0. The smallest absolute Gasteiger partial charge is 0.258 e. The van der Waals surface area contributed by atoms with Gasteiger partial charge >= 0.3 is 0 Å². The molecule has 2 aliphatic rings. The van der Waals surface area contributed by atoms with Crippen molar-refractivity contribution in [3.63, 3.8) is 0 Å². The number of hydrogen-bond acceptors (Lipinski definition) is 6. The van der Waals surface area contributed by atoms with Gasteiger partial charge in [-0.3, -0.25) is 9.59 Å². The van der Waals surface area contributed by atoms with Gasteiger partial charge in [-0.05, 0) is 48.5 Å². The molecule has 2 aromatic carbocycles. The van der Waals surface area contributed by atoms with Gasteiger partial charge in [-0.2, -0.15) is 0 Å². The maximum absolute atomic E-state index is 12.3. The molecule has 0 radical (unpaired) electrons. The van der Waals surface area contributed by atoms with Crippen LogP contribution in [0.2, 0.25) is 0 Å². The molecule has 2 heterocycles. The molecule has 2 amide bonds. The fourth-order valence-corrected chi connectivity index (χ4v) is 3.75. The van der Waals surface area contributed by atoms with Gasteiger partial charge in [-0.25, -0.2) is 0 Å². The van der Waals surface area contributed by atoms with Crippen LogP contribution in [0.4, 0.5) is 11.4 Å². The Labute approximate surface area is 161 Å². The maximum atomic E-state index is 12.3. The third-order valence-corrected chi connectivity index (χ3v) is 5.28. The Hall–Kier alpha value is -3.10. The molecule has 4 atom stereocenters. The number of amides is 2. The Balaban J connectivity index is 1.64. The van der Waals surface area contributed by atoms with Crippen LogP contribution in [0.3, 0.4) is 0 Å². The molecule has 0 aliphatic carbocycles. The topological polar surface area (TPSA) is 99.5 Å². The molecular weight excluding hydrogens is 364 g/mol. The second-order valence-corrected chi connectivity index (χ2v) is 6.68. The first kappa shape index (κ1) is 18.3. The van der Waals surface area contributed by atoms with E-state index < -0.39 is 36.1 Å². The lowest BCUT2D eigenvalue weighted by molar-refractivity contribution is -0.148. The number of aliphatic hydroxyl groups excluding tert-OH is 2. The number of nitrogens with zero attached hydrogens (tertiary/aromatic N) is 2. The lowest BCUT2D eigenvalue weighted by Gasteiger charge is -2.56. The zero-order valence-electron chi connectivity index (χ0n) is 15.4. The average Bonchev–Trinajstić information content (AvgIpc) is 2.75. The summed E-state index contributed by atoms with van der Waals surface area (Å²) in [5, 5.41) is 20.6. The number of hydrogen-bond donors (Lipinski definition) is 2. The molecule has 28 heavy (non-hydrogen) atoms. The predicted molar refractivity (Wildman–Crippen MR) is 101 cm³/mol. The normalized spacial score (nSPS) is 26.6. The first-order valence-corrected chi connectivity index (χ1v) is 8.78. The van der Waals surface area contributed by atoms with Gasteiger partial charge in [0.1, 0.15) is 11.5 Å². The Morgan fingerprint density at radius 3 is 1.29 bits per heavy atom. The summed E-state index contributed by atoms with van der Waals surface area (Å²) in [7, 11) is 3.08. The maximum Gasteiger partial charge on any atom is 0.258 e. The zero-order valence-corrected chi connectivity index (χ0v) is 15.4. The number of anilines is 2. The summed E-state index contributed by atoms with van der Waals surface area (Å²) < 4.78 is 10.2. The highest BCUT2D eigenvalue weighted by molar-refractivity contribution is 6.10. The van der Waals surface area contributed by atoms with E-state index in [4.69, 9.17) is 9.47 Å². The first-order chi connectivity index (χ1) is 13.5. The second-order valence-electron chi connectivity index (χ2n) is 6.68. The number of ether oxygens (including phenoxy) is 2. The quantitative estimate of drug-likeness (QED) is 0.731. The van der Waals surface area contributed by atoms with E-state index in [1.54, 1.807) is 62.8 Å². The minimum atomic E-state index is -1.30. The lowest BCUT2D eigenvalue weighted by atomic mass is 9.80. The van der Waals surface area contributed by atoms with Gasteiger partial charge in [0.15, 0.2) is 12.2 Å². The largest absolute Gasteiger partial charge is 0.497 e. The van der Waals surface area contributed by atoms with Crippen LogP contribution >= 0.6 is 0 Å². The SMILES string of the molecule is COc1ccc(N2C(=O)[C@@H](O)[C@H]2[C@@H]2[C@H](O)C(=O)N2c2ccc(OC)cc2)cc1. The van der Waals surface area contributed by atoms with E-state index >= 15 is 0 Å². The van der Waals surface area contributed by atoms with Crippen molar-refractivity contribution in [3.05, 3.63) is 48.5 Å². The molecule has 2 N–H and O–H groups in total. The van der Waals surface area contributed by atoms with Gasteiger partial charge in [0.25, 0.3) is 11.8 Å². The highest BCUT2D eigenvalue weighted by Gasteiger charge is 2.61. The number of β-lactam (4-membered cyclic amide) rings is 2. The van der Waals surface area contributed by atoms with Gasteiger partial charge in [0.2, 0.25) is 0 Å². The Kier molecular flexibility index (Phi) is 4.44. The molecular formula is C20H20N2O6. The van der Waals surface area contributed by atoms with E-state index in [1.807, 2.05) is 0 Å². The Morgan fingerprint density at radius 2 is 1.00 bits per heavy atom. The van der Waals surface area contributed by atoms with Gasteiger partial charge in [-0.1, -0.05) is 0 Å². The van der Waals surface area contributed by atoms with Gasteiger partial charge in [-0.15, -0.1) is 0 Å². The van der Waals surface area contributed by atoms with E-state index in [-0.39, 0.29) is 0 Å². The van der Waals surface area contributed by atoms with Crippen LogP contribution in [0.25, 0.3) is 0 Å². The monoisotopic (exact) mass is 384 g/mol. The van der Waals surface area contributed by atoms with E-state index in [2.05, 4.69) is 0 Å². The van der Waals surface area contributed by atoms with Crippen LogP contribution in [0.1, 0.15) is 0 Å². The fourth-order valence-electron chi connectivity index (χ4n) is 3.75. The van der Waals surface area contributed by atoms with Crippen LogP contribution in [-0.4, -0.2) is 60.5 Å². The van der Waals surface area contributed by atoms with Crippen molar-refractivity contribution in [1.82, 2.24) is 0 Å². The Bertz CT molecular complexity index is 822. The first-order valence-electron chi connectivity index (χ1n) is 8.78. The van der Waals surface area contributed by atoms with Crippen molar-refractivity contribution >= 4 is 23.2 Å². The highest BCUT2D eigenvalue weighted by Crippen LogP contribution is 2.40. The predicted octanol–water partition coefficient (Wildman–Crippen LogP) is 0.556. The summed E-state index contributed by atoms with van der Waals surface area (Å²) in [4.78, 5) is 27.5. The molecule has 0 bridgehead atoms. The third-order valence-electron chi connectivity index (χ3n) is 5.28. The van der Waals surface area contributed by atoms with Gasteiger partial charge < -0.3 is 29.5 Å². The van der Waals surface area contributed by atoms with Crippen molar-refractivity contribution in [2.24, 2.45) is 0 Å². The van der Waals surface area contributed by atoms with Gasteiger partial charge in [0.05, 0.1) is 26.3 Å². The number of carbonyl (C=O) groups excluding carboxylic acids is 2. The average molecular weight is 384 g/mol. The van der Waals surface area contributed by atoms with Crippen molar-refractivity contribution in [1.29, 1.82) is 0 Å². The summed E-state index contributed by atoms with van der Waals surface area (Å²) in [5.74, 6) is 0.313. The van der Waals surface area contributed by atoms with Crippen LogP contribution < -0.4 is 19.3 Å². The molecule has 0 spiro atoms. The van der Waals surface area contributed by atoms with Crippen LogP contribution in [-0.2, 0) is 9.59 Å². The summed E-state index contributed by atoms with van der Waals surface area (Å²) in [5.41, 5.74) is 1.12. The molecule has 2 aromatic rings. The number of benzene rings is 2. The van der Waals surface area contributed by atoms with Crippen LogP contribution in [0, 0.1) is 0 Å². The molecule has 8 nitrogen and oxygen atoms in total. The second kappa shape index (κ2) is 6.81. The fraction of sp³-hybridized carbons (Fsp3) is 0.300. The number of methoxy groups -OCH3 is 2. The van der Waals surface area contributed by atoms with E-state index in [0.717, 1.165) is 0 Å². The van der Waals surface area contributed by atoms with Gasteiger partial charge in [0, 0.05) is 11.4 Å². The molecule has 8 heteroatoms. The minimum Gasteiger partial charge on any atom is -0.497 e. The summed E-state index contributed by atoms with van der Waals surface area (Å²) in [6.07, 6.45) is -2.59. The lowest BCUT2D eigenvalue weighted by Crippen LogP contribution is -2.81. The van der Waals surface area contributed by atoms with Crippen molar-refractivity contribution < 1.29 is 29.3 Å². The standard InChI is InChI=1S/C20H20N2O6/c1-27-13-7-3-11(4-8-13)21-15(17(23)19(21)25)16-18(24)20(26)22(16)12-5-9-14(28-2)10-6-12/h3-10,15-18,23-24H,1-2H3/t15-,16-,17+,18+/m1/s1. The minimum absolute atomic E-state index is 0.476. The summed E-state index contributed by atoms with van der Waals surface area (Å²) in [6.45, 7) is 0. The molecule has 0 unspecified atom stereocenters. The molecule has 4 rings (SSSR count).